The van der Waals surface area contributed by atoms with Crippen LogP contribution in [0.15, 0.2) is 16.6 Å². The van der Waals surface area contributed by atoms with Crippen molar-refractivity contribution >= 4 is 15.9 Å². The topological polar surface area (TPSA) is 21.3 Å². The molecule has 1 heterocycles. The van der Waals surface area contributed by atoms with Crippen LogP contribution in [0.25, 0.3) is 0 Å². The molecule has 2 atom stereocenters. The van der Waals surface area contributed by atoms with E-state index in [1.54, 1.807) is 0 Å². The van der Waals surface area contributed by atoms with Gasteiger partial charge in [-0.15, -0.1) is 0 Å². The summed E-state index contributed by atoms with van der Waals surface area (Å²) in [7, 11) is 0. The molecule has 112 valence electrons. The van der Waals surface area contributed by atoms with Crippen molar-refractivity contribution in [3.8, 4) is 0 Å². The van der Waals surface area contributed by atoms with Crippen LogP contribution in [0.2, 0.25) is 0 Å². The van der Waals surface area contributed by atoms with Gasteiger partial charge in [-0.3, -0.25) is 0 Å². The molecule has 1 saturated heterocycles. The van der Waals surface area contributed by atoms with Gasteiger partial charge in [-0.2, -0.15) is 0 Å². The van der Waals surface area contributed by atoms with Gasteiger partial charge in [-0.05, 0) is 53.9 Å². The van der Waals surface area contributed by atoms with Crippen LogP contribution in [-0.4, -0.2) is 25.8 Å². The molecule has 0 aliphatic carbocycles. The standard InChI is InChI=1S/C15H20BrF2NO/c1-2-6-19-14(10-5-7-20-9-10)8-11-13(17)4-3-12(16)15(11)18/h3-4,10,14,19H,2,5-9H2,1H3. The largest absolute Gasteiger partial charge is 0.381 e. The van der Waals surface area contributed by atoms with Crippen LogP contribution in [0.4, 0.5) is 8.78 Å². The zero-order valence-corrected chi connectivity index (χ0v) is 13.2. The minimum atomic E-state index is -0.493. The minimum Gasteiger partial charge on any atom is -0.381 e. The van der Waals surface area contributed by atoms with Gasteiger partial charge < -0.3 is 10.1 Å². The van der Waals surface area contributed by atoms with E-state index in [4.69, 9.17) is 4.74 Å². The number of halogens is 3. The molecule has 1 fully saturated rings. The zero-order valence-electron chi connectivity index (χ0n) is 11.6. The quantitative estimate of drug-likeness (QED) is 0.792. The Bertz CT molecular complexity index is 450. The molecule has 0 saturated carbocycles. The summed E-state index contributed by atoms with van der Waals surface area (Å²) in [5.41, 5.74) is 0.153. The smallest absolute Gasteiger partial charge is 0.143 e. The zero-order chi connectivity index (χ0) is 14.5. The highest BCUT2D eigenvalue weighted by Crippen LogP contribution is 2.26. The summed E-state index contributed by atoms with van der Waals surface area (Å²) in [6.45, 7) is 4.32. The monoisotopic (exact) mass is 347 g/mol. The van der Waals surface area contributed by atoms with E-state index in [0.29, 0.717) is 23.4 Å². The second-order valence-corrected chi connectivity index (χ2v) is 6.06. The molecular formula is C15H20BrF2NO. The average molecular weight is 348 g/mol. The third kappa shape index (κ3) is 3.77. The Morgan fingerprint density at radius 3 is 2.90 bits per heavy atom. The van der Waals surface area contributed by atoms with Crippen molar-refractivity contribution in [1.29, 1.82) is 0 Å². The fourth-order valence-corrected chi connectivity index (χ4v) is 2.95. The van der Waals surface area contributed by atoms with Gasteiger partial charge in [-0.1, -0.05) is 6.92 Å². The second-order valence-electron chi connectivity index (χ2n) is 5.21. The Kier molecular flexibility index (Phi) is 5.93. The van der Waals surface area contributed by atoms with Gasteiger partial charge in [0.25, 0.3) is 0 Å². The predicted molar refractivity (Wildman–Crippen MR) is 78.8 cm³/mol. The lowest BCUT2D eigenvalue weighted by molar-refractivity contribution is 0.176. The molecular weight excluding hydrogens is 328 g/mol. The maximum absolute atomic E-state index is 14.1. The lowest BCUT2D eigenvalue weighted by Crippen LogP contribution is -2.39. The summed E-state index contributed by atoms with van der Waals surface area (Å²) in [6.07, 6.45) is 2.29. The maximum Gasteiger partial charge on any atom is 0.143 e. The fourth-order valence-electron chi connectivity index (χ4n) is 2.58. The van der Waals surface area contributed by atoms with Crippen molar-refractivity contribution in [3.63, 3.8) is 0 Å². The van der Waals surface area contributed by atoms with E-state index in [-0.39, 0.29) is 11.6 Å². The minimum absolute atomic E-state index is 0.0516. The Morgan fingerprint density at radius 1 is 1.45 bits per heavy atom. The number of hydrogen-bond donors (Lipinski definition) is 1. The molecule has 0 spiro atoms. The predicted octanol–water partition coefficient (Wildman–Crippen LogP) is 3.67. The van der Waals surface area contributed by atoms with Gasteiger partial charge in [-0.25, -0.2) is 8.78 Å². The van der Waals surface area contributed by atoms with Crippen LogP contribution < -0.4 is 5.32 Å². The number of benzene rings is 1. The molecule has 1 N–H and O–H groups in total. The normalized spacial score (nSPS) is 20.3. The molecule has 1 aliphatic heterocycles. The summed E-state index contributed by atoms with van der Waals surface area (Å²) in [6, 6.07) is 2.77. The molecule has 5 heteroatoms. The molecule has 0 aromatic heterocycles. The summed E-state index contributed by atoms with van der Waals surface area (Å²) in [5, 5.41) is 3.41. The average Bonchev–Trinajstić information content (AvgIpc) is 2.96. The van der Waals surface area contributed by atoms with Crippen LogP contribution >= 0.6 is 15.9 Å². The number of nitrogens with one attached hydrogen (secondary N) is 1. The first-order chi connectivity index (χ1) is 9.63. The van der Waals surface area contributed by atoms with Crippen LogP contribution in [0.5, 0.6) is 0 Å². The Balaban J connectivity index is 2.16. The summed E-state index contributed by atoms with van der Waals surface area (Å²) >= 11 is 3.12. The van der Waals surface area contributed by atoms with Gasteiger partial charge in [0.05, 0.1) is 11.1 Å². The third-order valence-electron chi connectivity index (χ3n) is 3.75. The van der Waals surface area contributed by atoms with Gasteiger partial charge in [0.1, 0.15) is 11.6 Å². The highest BCUT2D eigenvalue weighted by molar-refractivity contribution is 9.10. The molecule has 20 heavy (non-hydrogen) atoms. The molecule has 2 unspecified atom stereocenters. The van der Waals surface area contributed by atoms with Crippen LogP contribution in [0, 0.1) is 17.6 Å². The lowest BCUT2D eigenvalue weighted by Gasteiger charge is -2.24. The van der Waals surface area contributed by atoms with Gasteiger partial charge >= 0.3 is 0 Å². The van der Waals surface area contributed by atoms with Crippen molar-refractivity contribution in [1.82, 2.24) is 5.32 Å². The summed E-state index contributed by atoms with van der Waals surface area (Å²) in [5.74, 6) is -0.653. The van der Waals surface area contributed by atoms with E-state index >= 15 is 0 Å². The molecule has 2 rings (SSSR count). The molecule has 0 bridgehead atoms. The van der Waals surface area contributed by atoms with E-state index in [1.807, 2.05) is 0 Å². The Hall–Kier alpha value is -0.520. The lowest BCUT2D eigenvalue weighted by atomic mass is 9.92. The van der Waals surface area contributed by atoms with Gasteiger partial charge in [0, 0.05) is 24.1 Å². The molecule has 1 aromatic rings. The van der Waals surface area contributed by atoms with Crippen molar-refractivity contribution in [2.24, 2.45) is 5.92 Å². The Morgan fingerprint density at radius 2 is 2.25 bits per heavy atom. The van der Waals surface area contributed by atoms with Crippen molar-refractivity contribution in [3.05, 3.63) is 33.8 Å². The number of hydrogen-bond acceptors (Lipinski definition) is 2. The maximum atomic E-state index is 14.1. The van der Waals surface area contributed by atoms with Crippen molar-refractivity contribution < 1.29 is 13.5 Å². The van der Waals surface area contributed by atoms with Crippen molar-refractivity contribution in [2.75, 3.05) is 19.8 Å². The summed E-state index contributed by atoms with van der Waals surface area (Å²) in [4.78, 5) is 0. The van der Waals surface area contributed by atoms with E-state index in [9.17, 15) is 8.78 Å². The third-order valence-corrected chi connectivity index (χ3v) is 4.37. The SMILES string of the molecule is CCCNC(Cc1c(F)ccc(Br)c1F)C1CCOC1. The number of ether oxygens (including phenoxy) is 1. The van der Waals surface area contributed by atoms with Crippen molar-refractivity contribution in [2.45, 2.75) is 32.2 Å². The van der Waals surface area contributed by atoms with Crippen LogP contribution in [-0.2, 0) is 11.2 Å². The Labute approximate surface area is 127 Å². The molecule has 0 amide bonds. The van der Waals surface area contributed by atoms with Gasteiger partial charge in [0.15, 0.2) is 0 Å². The van der Waals surface area contributed by atoms with E-state index < -0.39 is 11.6 Å². The van der Waals surface area contributed by atoms with Gasteiger partial charge in [0.2, 0.25) is 0 Å². The van der Waals surface area contributed by atoms with E-state index in [1.165, 1.54) is 12.1 Å². The molecule has 2 nitrogen and oxygen atoms in total. The van der Waals surface area contributed by atoms with E-state index in [0.717, 1.165) is 26.0 Å². The highest BCUT2D eigenvalue weighted by Gasteiger charge is 2.27. The molecule has 1 aliphatic rings. The van der Waals surface area contributed by atoms with Crippen LogP contribution in [0.1, 0.15) is 25.3 Å². The first-order valence-corrected chi connectivity index (χ1v) is 7.86. The molecule has 0 radical (unpaired) electrons. The van der Waals surface area contributed by atoms with E-state index in [2.05, 4.69) is 28.2 Å². The first kappa shape index (κ1) is 15.9. The number of rotatable bonds is 6. The second kappa shape index (κ2) is 7.48. The highest BCUT2D eigenvalue weighted by atomic mass is 79.9. The first-order valence-electron chi connectivity index (χ1n) is 7.07. The van der Waals surface area contributed by atoms with Crippen LogP contribution in [0.3, 0.4) is 0 Å². The molecule has 1 aromatic carbocycles. The fraction of sp³-hybridized carbons (Fsp3) is 0.600. The summed E-state index contributed by atoms with van der Waals surface area (Å²) < 4.78 is 33.7.